The number of nitrogens with zero attached hydrogens (tertiary/aromatic N) is 2. The highest BCUT2D eigenvalue weighted by molar-refractivity contribution is 6.30. The second-order valence-electron chi connectivity index (χ2n) is 6.13. The van der Waals surface area contributed by atoms with Crippen LogP contribution in [-0.4, -0.2) is 45.2 Å². The smallest absolute Gasteiger partial charge is 0.0426 e. The Hall–Kier alpha value is -0.770. The summed E-state index contributed by atoms with van der Waals surface area (Å²) in [6.07, 6.45) is 3.91. The van der Waals surface area contributed by atoms with Crippen LogP contribution in [0.1, 0.15) is 24.8 Å². The first-order valence-electron chi connectivity index (χ1n) is 7.30. The molecule has 1 N–H and O–H groups in total. The molecule has 0 unspecified atom stereocenters. The fourth-order valence-electron chi connectivity index (χ4n) is 3.09. The summed E-state index contributed by atoms with van der Waals surface area (Å²) >= 11 is 6.19. The molecular formula is C16H26ClN3. The standard InChI is InChI=1S/C16H26ClN3/c1-18-11-13-6-7-14(17)10-15(13)20(4)12-16(19(2)3)8-5-9-16/h6-7,10,18H,5,8-9,11-12H2,1-4H3. The van der Waals surface area contributed by atoms with Gasteiger partial charge in [0.1, 0.15) is 0 Å². The van der Waals surface area contributed by atoms with Gasteiger partial charge in [-0.3, -0.25) is 0 Å². The van der Waals surface area contributed by atoms with E-state index in [2.05, 4.69) is 48.4 Å². The maximum atomic E-state index is 6.19. The molecule has 1 aromatic carbocycles. The molecule has 2 rings (SSSR count). The Balaban J connectivity index is 2.19. The first kappa shape index (κ1) is 15.6. The highest BCUT2D eigenvalue weighted by atomic mass is 35.5. The first-order chi connectivity index (χ1) is 9.48. The van der Waals surface area contributed by atoms with Crippen LogP contribution in [0.15, 0.2) is 18.2 Å². The Morgan fingerprint density at radius 3 is 2.45 bits per heavy atom. The fraction of sp³-hybridized carbons (Fsp3) is 0.625. The lowest BCUT2D eigenvalue weighted by Crippen LogP contribution is -2.56. The van der Waals surface area contributed by atoms with E-state index in [1.165, 1.54) is 30.5 Å². The van der Waals surface area contributed by atoms with Crippen molar-refractivity contribution >= 4 is 17.3 Å². The normalized spacial score (nSPS) is 17.1. The van der Waals surface area contributed by atoms with Crippen molar-refractivity contribution in [3.63, 3.8) is 0 Å². The lowest BCUT2D eigenvalue weighted by molar-refractivity contribution is 0.0683. The van der Waals surface area contributed by atoms with Gasteiger partial charge in [0.2, 0.25) is 0 Å². The third-order valence-electron chi connectivity index (χ3n) is 4.59. The molecule has 0 amide bonds. The zero-order valence-electron chi connectivity index (χ0n) is 13.0. The maximum absolute atomic E-state index is 6.19. The minimum Gasteiger partial charge on any atom is -0.372 e. The minimum atomic E-state index is 0.327. The van der Waals surface area contributed by atoms with Crippen molar-refractivity contribution in [3.8, 4) is 0 Å². The topological polar surface area (TPSA) is 18.5 Å². The van der Waals surface area contributed by atoms with Gasteiger partial charge in [-0.1, -0.05) is 17.7 Å². The van der Waals surface area contributed by atoms with Gasteiger partial charge >= 0.3 is 0 Å². The third-order valence-corrected chi connectivity index (χ3v) is 4.83. The minimum absolute atomic E-state index is 0.327. The Bertz CT molecular complexity index is 455. The van der Waals surface area contributed by atoms with Gasteiger partial charge in [-0.05, 0) is 58.1 Å². The SMILES string of the molecule is CNCc1ccc(Cl)cc1N(C)CC1(N(C)C)CCC1. The Morgan fingerprint density at radius 2 is 1.95 bits per heavy atom. The molecule has 0 heterocycles. The molecule has 1 aliphatic rings. The molecule has 0 aliphatic heterocycles. The van der Waals surface area contributed by atoms with E-state index < -0.39 is 0 Å². The lowest BCUT2D eigenvalue weighted by Gasteiger charge is -2.49. The predicted octanol–water partition coefficient (Wildman–Crippen LogP) is 2.98. The number of rotatable bonds is 6. The lowest BCUT2D eigenvalue weighted by atomic mass is 9.75. The largest absolute Gasteiger partial charge is 0.372 e. The molecule has 1 aromatic rings. The van der Waals surface area contributed by atoms with E-state index in [1.54, 1.807) is 0 Å². The van der Waals surface area contributed by atoms with Crippen LogP contribution in [0.3, 0.4) is 0 Å². The molecule has 1 fully saturated rings. The van der Waals surface area contributed by atoms with Crippen molar-refractivity contribution in [3.05, 3.63) is 28.8 Å². The van der Waals surface area contributed by atoms with E-state index in [0.717, 1.165) is 18.1 Å². The van der Waals surface area contributed by atoms with Crippen molar-refractivity contribution < 1.29 is 0 Å². The van der Waals surface area contributed by atoms with E-state index in [4.69, 9.17) is 11.6 Å². The van der Waals surface area contributed by atoms with E-state index in [1.807, 2.05) is 13.1 Å². The van der Waals surface area contributed by atoms with Gasteiger partial charge in [0.15, 0.2) is 0 Å². The van der Waals surface area contributed by atoms with Crippen LogP contribution in [0.25, 0.3) is 0 Å². The van der Waals surface area contributed by atoms with Gasteiger partial charge in [-0.2, -0.15) is 0 Å². The molecule has 20 heavy (non-hydrogen) atoms. The average molecular weight is 296 g/mol. The number of halogens is 1. The number of nitrogens with one attached hydrogen (secondary N) is 1. The van der Waals surface area contributed by atoms with Crippen LogP contribution in [0, 0.1) is 0 Å². The highest BCUT2D eigenvalue weighted by Crippen LogP contribution is 2.38. The molecule has 1 aliphatic carbocycles. The van der Waals surface area contributed by atoms with Crippen LogP contribution < -0.4 is 10.2 Å². The predicted molar refractivity (Wildman–Crippen MR) is 87.8 cm³/mol. The van der Waals surface area contributed by atoms with Gasteiger partial charge in [0, 0.05) is 36.4 Å². The van der Waals surface area contributed by atoms with E-state index in [9.17, 15) is 0 Å². The summed E-state index contributed by atoms with van der Waals surface area (Å²) in [6.45, 7) is 1.92. The van der Waals surface area contributed by atoms with Gasteiger partial charge in [0.25, 0.3) is 0 Å². The third kappa shape index (κ3) is 3.11. The van der Waals surface area contributed by atoms with Crippen molar-refractivity contribution in [2.45, 2.75) is 31.3 Å². The van der Waals surface area contributed by atoms with Gasteiger partial charge in [-0.25, -0.2) is 0 Å². The molecule has 112 valence electrons. The van der Waals surface area contributed by atoms with Crippen LogP contribution in [0.4, 0.5) is 5.69 Å². The molecule has 3 nitrogen and oxygen atoms in total. The van der Waals surface area contributed by atoms with Gasteiger partial charge < -0.3 is 15.1 Å². The first-order valence-corrected chi connectivity index (χ1v) is 7.68. The number of likely N-dealkylation sites (N-methyl/N-ethyl adjacent to an activating group) is 2. The molecular weight excluding hydrogens is 270 g/mol. The van der Waals surface area contributed by atoms with E-state index in [-0.39, 0.29) is 0 Å². The second-order valence-corrected chi connectivity index (χ2v) is 6.57. The summed E-state index contributed by atoms with van der Waals surface area (Å²) in [5.74, 6) is 0. The Morgan fingerprint density at radius 1 is 1.25 bits per heavy atom. The molecule has 0 bridgehead atoms. The maximum Gasteiger partial charge on any atom is 0.0426 e. The summed E-state index contributed by atoms with van der Waals surface area (Å²) in [5, 5.41) is 4.04. The summed E-state index contributed by atoms with van der Waals surface area (Å²) in [7, 11) is 8.54. The van der Waals surface area contributed by atoms with Gasteiger partial charge in [0.05, 0.1) is 0 Å². The molecule has 0 radical (unpaired) electrons. The molecule has 0 aromatic heterocycles. The molecule has 4 heteroatoms. The summed E-state index contributed by atoms with van der Waals surface area (Å²) in [4.78, 5) is 4.74. The van der Waals surface area contributed by atoms with Crippen LogP contribution in [0.2, 0.25) is 5.02 Å². The van der Waals surface area contributed by atoms with E-state index in [0.29, 0.717) is 5.54 Å². The fourth-order valence-corrected chi connectivity index (χ4v) is 3.26. The summed E-state index contributed by atoms with van der Waals surface area (Å²) in [6, 6.07) is 6.17. The van der Waals surface area contributed by atoms with Gasteiger partial charge in [-0.15, -0.1) is 0 Å². The van der Waals surface area contributed by atoms with Crippen LogP contribution in [0.5, 0.6) is 0 Å². The zero-order chi connectivity index (χ0) is 14.8. The number of hydrogen-bond acceptors (Lipinski definition) is 3. The molecule has 0 saturated heterocycles. The number of anilines is 1. The Labute approximate surface area is 127 Å². The van der Waals surface area contributed by atoms with Crippen molar-refractivity contribution in [1.82, 2.24) is 10.2 Å². The monoisotopic (exact) mass is 295 g/mol. The molecule has 1 saturated carbocycles. The highest BCUT2D eigenvalue weighted by Gasteiger charge is 2.40. The van der Waals surface area contributed by atoms with Crippen molar-refractivity contribution in [2.75, 3.05) is 39.6 Å². The Kier molecular flexibility index (Phi) is 4.95. The van der Waals surface area contributed by atoms with Crippen LogP contribution in [-0.2, 0) is 6.54 Å². The van der Waals surface area contributed by atoms with Crippen LogP contribution >= 0.6 is 11.6 Å². The quantitative estimate of drug-likeness (QED) is 0.870. The molecule has 0 atom stereocenters. The number of hydrogen-bond donors (Lipinski definition) is 1. The van der Waals surface area contributed by atoms with Crippen molar-refractivity contribution in [2.24, 2.45) is 0 Å². The van der Waals surface area contributed by atoms with E-state index >= 15 is 0 Å². The second kappa shape index (κ2) is 6.33. The summed E-state index contributed by atoms with van der Waals surface area (Å²) < 4.78 is 0. The summed E-state index contributed by atoms with van der Waals surface area (Å²) in [5.41, 5.74) is 2.86. The zero-order valence-corrected chi connectivity index (χ0v) is 13.8. The number of benzene rings is 1. The molecule has 0 spiro atoms. The van der Waals surface area contributed by atoms with Crippen molar-refractivity contribution in [1.29, 1.82) is 0 Å². The average Bonchev–Trinajstić information content (AvgIpc) is 2.35.